The van der Waals surface area contributed by atoms with Gasteiger partial charge in [-0.1, -0.05) is 0 Å². The van der Waals surface area contributed by atoms with E-state index in [-0.39, 0.29) is 5.69 Å². The third-order valence-electron chi connectivity index (χ3n) is 1.69. The minimum Gasteiger partial charge on any atom is -0.396 e. The molecular formula is C8H6F4N2O3. The number of halogens is 4. The number of pyridine rings is 1. The highest BCUT2D eigenvalue weighted by atomic mass is 19.4. The largest absolute Gasteiger partial charge is 0.573 e. The first kappa shape index (κ1) is 13.1. The predicted molar refractivity (Wildman–Crippen MR) is 47.1 cm³/mol. The van der Waals surface area contributed by atoms with Gasteiger partial charge in [-0.3, -0.25) is 0 Å². The molecule has 0 saturated heterocycles. The molecule has 0 aliphatic heterocycles. The summed E-state index contributed by atoms with van der Waals surface area (Å²) in [7, 11) is 0. The van der Waals surface area contributed by atoms with Crippen LogP contribution in [0.2, 0.25) is 0 Å². The Morgan fingerprint density at radius 1 is 1.53 bits per heavy atom. The third kappa shape index (κ3) is 3.26. The molecule has 9 heteroatoms. The number of rotatable bonds is 3. The van der Waals surface area contributed by atoms with Crippen LogP contribution in [0.4, 0.5) is 23.4 Å². The van der Waals surface area contributed by atoms with E-state index in [1.807, 2.05) is 0 Å². The van der Waals surface area contributed by atoms with Crippen LogP contribution in [0.1, 0.15) is 11.3 Å². The number of hydrogen-bond acceptors (Lipinski definition) is 4. The Balaban J connectivity index is 3.37. The molecule has 0 N–H and O–H groups in total. The number of aromatic nitrogens is 1. The van der Waals surface area contributed by atoms with E-state index in [1.54, 1.807) is 0 Å². The molecule has 0 atom stereocenters. The number of hydrogen-bond donors (Lipinski definition) is 0. The Hall–Kier alpha value is -1.93. The zero-order valence-corrected chi connectivity index (χ0v) is 8.42. The molecule has 0 bridgehead atoms. The van der Waals surface area contributed by atoms with Crippen molar-refractivity contribution in [1.29, 1.82) is 0 Å². The summed E-state index contributed by atoms with van der Waals surface area (Å²) < 4.78 is 51.9. The standard InChI is InChI=1S/C8H6F4N2O3/c1-4-2-5(3-9)6(17-8(10,11)12)7(13-4)14(15)16/h2H,3H2,1H3. The summed E-state index contributed by atoms with van der Waals surface area (Å²) in [6, 6.07) is 0.952. The van der Waals surface area contributed by atoms with Crippen LogP contribution in [0.3, 0.4) is 0 Å². The monoisotopic (exact) mass is 254 g/mol. The van der Waals surface area contributed by atoms with Crippen LogP contribution in [-0.4, -0.2) is 16.3 Å². The lowest BCUT2D eigenvalue weighted by Gasteiger charge is -2.11. The Morgan fingerprint density at radius 2 is 2.12 bits per heavy atom. The zero-order chi connectivity index (χ0) is 13.2. The summed E-state index contributed by atoms with van der Waals surface area (Å²) in [6.07, 6.45) is -5.15. The maximum absolute atomic E-state index is 12.5. The van der Waals surface area contributed by atoms with Crippen molar-refractivity contribution in [3.63, 3.8) is 0 Å². The number of nitrogens with zero attached hydrogens (tertiary/aromatic N) is 2. The molecule has 0 aromatic carbocycles. The van der Waals surface area contributed by atoms with Crippen LogP contribution in [0.15, 0.2) is 6.07 Å². The molecule has 0 saturated carbocycles. The normalized spacial score (nSPS) is 11.4. The van der Waals surface area contributed by atoms with Gasteiger partial charge in [0.05, 0.1) is 0 Å². The second kappa shape index (κ2) is 4.52. The smallest absolute Gasteiger partial charge is 0.396 e. The highest BCUT2D eigenvalue weighted by molar-refractivity contribution is 5.47. The van der Waals surface area contributed by atoms with Gasteiger partial charge >= 0.3 is 12.2 Å². The molecule has 17 heavy (non-hydrogen) atoms. The quantitative estimate of drug-likeness (QED) is 0.472. The van der Waals surface area contributed by atoms with Crippen molar-refractivity contribution < 1.29 is 27.2 Å². The SMILES string of the molecule is Cc1cc(CF)c(OC(F)(F)F)c([N+](=O)[O-])n1. The summed E-state index contributed by atoms with van der Waals surface area (Å²) in [5, 5.41) is 10.5. The first-order chi connectivity index (χ1) is 7.74. The van der Waals surface area contributed by atoms with E-state index in [0.717, 1.165) is 6.07 Å². The van der Waals surface area contributed by atoms with Gasteiger partial charge in [0, 0.05) is 12.5 Å². The highest BCUT2D eigenvalue weighted by Crippen LogP contribution is 2.34. The van der Waals surface area contributed by atoms with Crippen molar-refractivity contribution in [3.8, 4) is 5.75 Å². The molecule has 0 aliphatic carbocycles. The maximum atomic E-state index is 12.5. The van der Waals surface area contributed by atoms with Gasteiger partial charge in [0.1, 0.15) is 6.67 Å². The van der Waals surface area contributed by atoms with Crippen molar-refractivity contribution in [2.24, 2.45) is 0 Å². The molecule has 94 valence electrons. The second-order valence-electron chi connectivity index (χ2n) is 3.01. The molecular weight excluding hydrogens is 248 g/mol. The van der Waals surface area contributed by atoms with E-state index in [0.29, 0.717) is 0 Å². The van der Waals surface area contributed by atoms with Crippen molar-refractivity contribution in [3.05, 3.63) is 27.4 Å². The van der Waals surface area contributed by atoms with Crippen LogP contribution in [0, 0.1) is 17.0 Å². The fourth-order valence-corrected chi connectivity index (χ4v) is 1.16. The number of ether oxygens (including phenoxy) is 1. The Morgan fingerprint density at radius 3 is 2.53 bits per heavy atom. The second-order valence-corrected chi connectivity index (χ2v) is 3.01. The molecule has 1 aromatic rings. The average molecular weight is 254 g/mol. The molecule has 0 unspecified atom stereocenters. The topological polar surface area (TPSA) is 65.3 Å². The first-order valence-corrected chi connectivity index (χ1v) is 4.21. The lowest BCUT2D eigenvalue weighted by atomic mass is 10.2. The summed E-state index contributed by atoms with van der Waals surface area (Å²) in [5.41, 5.74) is -0.541. The van der Waals surface area contributed by atoms with Crippen LogP contribution in [0.25, 0.3) is 0 Å². The van der Waals surface area contributed by atoms with Crippen LogP contribution < -0.4 is 4.74 Å². The van der Waals surface area contributed by atoms with Crippen molar-refractivity contribution in [2.75, 3.05) is 0 Å². The number of aryl methyl sites for hydroxylation is 1. The fraction of sp³-hybridized carbons (Fsp3) is 0.375. The lowest BCUT2D eigenvalue weighted by Crippen LogP contribution is -2.19. The molecule has 0 fully saturated rings. The Kier molecular flexibility index (Phi) is 3.49. The Bertz CT molecular complexity index is 447. The van der Waals surface area contributed by atoms with E-state index in [4.69, 9.17) is 0 Å². The summed E-state index contributed by atoms with van der Waals surface area (Å²) >= 11 is 0. The van der Waals surface area contributed by atoms with Crippen molar-refractivity contribution in [2.45, 2.75) is 20.0 Å². The minimum absolute atomic E-state index is 0.0267. The highest BCUT2D eigenvalue weighted by Gasteiger charge is 2.37. The number of nitro groups is 1. The number of alkyl halides is 4. The maximum Gasteiger partial charge on any atom is 0.573 e. The molecule has 1 aromatic heterocycles. The molecule has 5 nitrogen and oxygen atoms in total. The van der Waals surface area contributed by atoms with Crippen molar-refractivity contribution >= 4 is 5.82 Å². The van der Waals surface area contributed by atoms with Gasteiger partial charge in [-0.15, -0.1) is 13.2 Å². The predicted octanol–water partition coefficient (Wildman–Crippen LogP) is 2.67. The lowest BCUT2D eigenvalue weighted by molar-refractivity contribution is -0.393. The van der Waals surface area contributed by atoms with Crippen LogP contribution in [0.5, 0.6) is 5.75 Å². The van der Waals surface area contributed by atoms with E-state index < -0.39 is 35.1 Å². The average Bonchev–Trinajstić information content (AvgIpc) is 2.17. The summed E-state index contributed by atoms with van der Waals surface area (Å²) in [6.45, 7) is -0.0286. The van der Waals surface area contributed by atoms with Gasteiger partial charge in [-0.2, -0.15) is 0 Å². The van der Waals surface area contributed by atoms with Gasteiger partial charge in [0.15, 0.2) is 5.69 Å². The fourth-order valence-electron chi connectivity index (χ4n) is 1.16. The Labute approximate surface area is 92.2 Å². The van der Waals surface area contributed by atoms with E-state index in [2.05, 4.69) is 9.72 Å². The van der Waals surface area contributed by atoms with E-state index >= 15 is 0 Å². The molecule has 0 spiro atoms. The van der Waals surface area contributed by atoms with Gasteiger partial charge in [-0.25, -0.2) is 4.39 Å². The summed E-state index contributed by atoms with van der Waals surface area (Å²) in [4.78, 5) is 12.6. The molecule has 0 amide bonds. The van der Waals surface area contributed by atoms with E-state index in [1.165, 1.54) is 6.92 Å². The molecule has 1 rings (SSSR count). The van der Waals surface area contributed by atoms with Gasteiger partial charge in [0.25, 0.3) is 0 Å². The molecule has 1 heterocycles. The van der Waals surface area contributed by atoms with Crippen LogP contribution in [-0.2, 0) is 6.67 Å². The molecule has 0 aliphatic rings. The summed E-state index contributed by atoms with van der Waals surface area (Å²) in [5.74, 6) is -2.37. The van der Waals surface area contributed by atoms with Gasteiger partial charge < -0.3 is 14.9 Å². The first-order valence-electron chi connectivity index (χ1n) is 4.21. The van der Waals surface area contributed by atoms with Gasteiger partial charge in [-0.05, 0) is 16.0 Å². The minimum atomic E-state index is -5.15. The van der Waals surface area contributed by atoms with Crippen LogP contribution >= 0.6 is 0 Å². The molecule has 0 radical (unpaired) electrons. The van der Waals surface area contributed by atoms with E-state index in [9.17, 15) is 27.7 Å². The zero-order valence-electron chi connectivity index (χ0n) is 8.42. The van der Waals surface area contributed by atoms with Crippen molar-refractivity contribution in [1.82, 2.24) is 4.98 Å². The van der Waals surface area contributed by atoms with Gasteiger partial charge in [0.2, 0.25) is 5.75 Å². The third-order valence-corrected chi connectivity index (χ3v) is 1.69.